The van der Waals surface area contributed by atoms with Gasteiger partial charge in [-0.1, -0.05) is 0 Å². The molecule has 0 saturated carbocycles. The Kier molecular flexibility index (Phi) is 184. The molecule has 0 amide bonds. The molecule has 0 N–H and O–H groups in total. The van der Waals surface area contributed by atoms with Gasteiger partial charge in [0.25, 0.3) is 0 Å². The van der Waals surface area contributed by atoms with Gasteiger partial charge in [-0.2, -0.15) is 0 Å². The molecule has 0 aliphatic carbocycles. The fourth-order valence-corrected chi connectivity index (χ4v) is 0. The fraction of sp³-hybridized carbons (Fsp3) is 0. The van der Waals surface area contributed by atoms with Crippen molar-refractivity contribution >= 4 is 41.9 Å². The molecule has 0 aromatic carbocycles. The Labute approximate surface area is 116 Å². The van der Waals surface area contributed by atoms with Gasteiger partial charge < -0.3 is 0 Å². The molecular weight excluding hydrogens is 309 g/mol. The van der Waals surface area contributed by atoms with Crippen molar-refractivity contribution in [3.05, 3.63) is 0 Å². The second-order valence-corrected chi connectivity index (χ2v) is 0. The van der Waals surface area contributed by atoms with Gasteiger partial charge in [0.15, 0.2) is 0 Å². The topological polar surface area (TPSA) is 0 Å². The van der Waals surface area contributed by atoms with Gasteiger partial charge in [-0.05, 0) is 0 Å². The minimum Gasteiger partial charge on any atom is 0 e. The third-order valence-corrected chi connectivity index (χ3v) is 0. The Balaban J connectivity index is 0. The second-order valence-electron chi connectivity index (χ2n) is 0. The van der Waals surface area contributed by atoms with Crippen molar-refractivity contribution in [2.24, 2.45) is 0 Å². The zero-order valence-corrected chi connectivity index (χ0v) is 7.85. The van der Waals surface area contributed by atoms with E-state index in [2.05, 4.69) is 0 Å². The van der Waals surface area contributed by atoms with E-state index in [4.69, 9.17) is 0 Å². The Bertz CT molecular complexity index is 11.6. The zero-order chi connectivity index (χ0) is 0. The van der Waals surface area contributed by atoms with Gasteiger partial charge in [0.2, 0.25) is 0 Å². The van der Waals surface area contributed by atoms with Crippen LogP contribution in [0, 0.1) is 39.9 Å². The normalized spacial score (nSPS) is 0. The summed E-state index contributed by atoms with van der Waals surface area (Å²) in [5.41, 5.74) is 0. The predicted molar refractivity (Wildman–Crippen MR) is 15.7 cm³/mol. The molecule has 0 rings (SSSR count). The van der Waals surface area contributed by atoms with Gasteiger partial charge in [-0.15, -0.1) is 0 Å². The van der Waals surface area contributed by atoms with Crippen molar-refractivity contribution in [1.29, 1.82) is 0 Å². The van der Waals surface area contributed by atoms with Gasteiger partial charge in [0.1, 0.15) is 0 Å². The van der Waals surface area contributed by atoms with Gasteiger partial charge in [-0.25, -0.2) is 0 Å². The molecule has 0 heterocycles. The molecule has 0 aliphatic heterocycles. The van der Waals surface area contributed by atoms with Crippen LogP contribution in [-0.2, 0) is 36.5 Å². The maximum absolute atomic E-state index is 0. The standard InChI is InChI=1S/Gd.Li.Mg.Mn.Zn.3H. The SMILES string of the molecule is [Gd].[LiH].[MgH2].[Mn].[Zn]. The van der Waals surface area contributed by atoms with Crippen LogP contribution in [0.2, 0.25) is 0 Å². The molecule has 0 aromatic rings. The van der Waals surface area contributed by atoms with Crippen molar-refractivity contribution in [2.75, 3.05) is 0 Å². The van der Waals surface area contributed by atoms with Crippen LogP contribution in [0.5, 0.6) is 0 Å². The molecule has 0 aliphatic rings. The summed E-state index contributed by atoms with van der Waals surface area (Å²) in [5.74, 6) is 0. The Morgan fingerprint density at radius 2 is 1.00 bits per heavy atom. The Morgan fingerprint density at radius 3 is 1.00 bits per heavy atom. The maximum atomic E-state index is 0. The summed E-state index contributed by atoms with van der Waals surface area (Å²) in [6.45, 7) is 0. The third kappa shape index (κ3) is 18.1. The third-order valence-electron chi connectivity index (χ3n) is 0. The van der Waals surface area contributed by atoms with Crippen LogP contribution in [0.4, 0.5) is 0 Å². The van der Waals surface area contributed by atoms with Gasteiger partial charge in [0, 0.05) is 76.5 Å². The smallest absolute Gasteiger partial charge is 0 e. The monoisotopic (exact) mass is 311 g/mol. The van der Waals surface area contributed by atoms with E-state index in [-0.39, 0.29) is 118 Å². The molecule has 0 atom stereocenters. The van der Waals surface area contributed by atoms with E-state index < -0.39 is 0 Å². The van der Waals surface area contributed by atoms with Crippen LogP contribution in [0.1, 0.15) is 0 Å². The minimum atomic E-state index is 0. The zero-order valence-electron chi connectivity index (χ0n) is 1.44. The fourth-order valence-electron chi connectivity index (χ4n) is 0. The first-order valence-electron chi connectivity index (χ1n) is 0. The first-order valence-corrected chi connectivity index (χ1v) is 0. The summed E-state index contributed by atoms with van der Waals surface area (Å²) in [5, 5.41) is 0. The van der Waals surface area contributed by atoms with Crippen LogP contribution in [0.15, 0.2) is 0 Å². The largest absolute Gasteiger partial charge is 0.316 e. The van der Waals surface area contributed by atoms with E-state index in [0.717, 1.165) is 0 Å². The average Bonchev–Trinajstić information content (AvgIpc) is 0. The molecule has 0 bridgehead atoms. The molecule has 5 heavy (non-hydrogen) atoms. The maximum Gasteiger partial charge on any atom is 0.316 e. The van der Waals surface area contributed by atoms with E-state index in [0.29, 0.717) is 0 Å². The second kappa shape index (κ2) is 24.9. The predicted octanol–water partition coefficient (Wildman–Crippen LogP) is -1.57. The van der Waals surface area contributed by atoms with Crippen molar-refractivity contribution in [3.8, 4) is 0 Å². The van der Waals surface area contributed by atoms with E-state index in [1.165, 1.54) is 0 Å². The molecule has 1 radical (unpaired) electrons. The summed E-state index contributed by atoms with van der Waals surface area (Å²) in [7, 11) is 0. The number of hydrogen-bond donors (Lipinski definition) is 0. The molecule has 0 spiro atoms. The van der Waals surface area contributed by atoms with Gasteiger partial charge in [-0.3, -0.25) is 0 Å². The van der Waals surface area contributed by atoms with Crippen LogP contribution in [-0.4, -0.2) is 41.9 Å². The summed E-state index contributed by atoms with van der Waals surface area (Å²) in [4.78, 5) is 0. The van der Waals surface area contributed by atoms with Crippen molar-refractivity contribution in [1.82, 2.24) is 0 Å². The van der Waals surface area contributed by atoms with E-state index >= 15 is 0 Å². The summed E-state index contributed by atoms with van der Waals surface area (Å²) >= 11 is 0. The van der Waals surface area contributed by atoms with E-state index in [9.17, 15) is 0 Å². The van der Waals surface area contributed by atoms with Crippen LogP contribution in [0.3, 0.4) is 0 Å². The van der Waals surface area contributed by atoms with Crippen LogP contribution < -0.4 is 0 Å². The van der Waals surface area contributed by atoms with Crippen molar-refractivity contribution in [3.63, 3.8) is 0 Å². The Morgan fingerprint density at radius 1 is 1.00 bits per heavy atom. The molecule has 23 valence electrons. The van der Waals surface area contributed by atoms with Crippen molar-refractivity contribution in [2.45, 2.75) is 0 Å². The first-order chi connectivity index (χ1) is 0. The molecule has 5 heteroatoms. The molecule has 0 unspecified atom stereocenters. The van der Waals surface area contributed by atoms with Crippen LogP contribution >= 0.6 is 0 Å². The van der Waals surface area contributed by atoms with Crippen molar-refractivity contribution < 1.29 is 76.5 Å². The van der Waals surface area contributed by atoms with E-state index in [1.54, 1.807) is 0 Å². The summed E-state index contributed by atoms with van der Waals surface area (Å²) < 4.78 is 0. The Hall–Kier alpha value is 3.83. The molecule has 0 nitrogen and oxygen atoms in total. The molecular formula is H3GdLiMgMnZn. The summed E-state index contributed by atoms with van der Waals surface area (Å²) in [6, 6.07) is 0. The summed E-state index contributed by atoms with van der Waals surface area (Å²) in [6.07, 6.45) is 0. The number of hydrogen-bond acceptors (Lipinski definition) is 0. The van der Waals surface area contributed by atoms with Gasteiger partial charge >= 0.3 is 41.9 Å². The number of rotatable bonds is 0. The molecule has 0 aromatic heterocycles. The van der Waals surface area contributed by atoms with E-state index in [1.807, 2.05) is 0 Å². The van der Waals surface area contributed by atoms with Gasteiger partial charge in [0.05, 0.1) is 0 Å². The minimum absolute atomic E-state index is 0. The van der Waals surface area contributed by atoms with Crippen LogP contribution in [0.25, 0.3) is 0 Å². The average molecular weight is 312 g/mol. The first kappa shape index (κ1) is 36.9. The molecule has 0 fully saturated rings. The molecule has 0 saturated heterocycles. The quantitative estimate of drug-likeness (QED) is 0.474.